The molecular formula is C58H106NO8P. The van der Waals surface area contributed by atoms with Crippen LogP contribution in [0.1, 0.15) is 264 Å². The highest BCUT2D eigenvalue weighted by Crippen LogP contribution is 2.43. The Kier molecular flexibility index (Phi) is 52.2. The van der Waals surface area contributed by atoms with Gasteiger partial charge in [-0.15, -0.1) is 0 Å². The number of hydrogen-bond donors (Lipinski definition) is 2. The van der Waals surface area contributed by atoms with Crippen LogP contribution < -0.4 is 5.73 Å². The maximum atomic E-state index is 12.7. The molecule has 0 aromatic rings. The quantitative estimate of drug-likeness (QED) is 0.0264. The highest BCUT2D eigenvalue weighted by atomic mass is 31.2. The molecule has 0 radical (unpaired) electrons. The number of ether oxygens (including phenoxy) is 2. The third-order valence-electron chi connectivity index (χ3n) is 12.1. The molecule has 0 fully saturated rings. The zero-order chi connectivity index (χ0) is 49.5. The molecule has 68 heavy (non-hydrogen) atoms. The molecule has 0 aliphatic carbocycles. The summed E-state index contributed by atoms with van der Waals surface area (Å²) in [6.45, 7) is 3.65. The molecule has 396 valence electrons. The van der Waals surface area contributed by atoms with Crippen molar-refractivity contribution in [2.75, 3.05) is 26.4 Å². The Labute approximate surface area is 419 Å². The minimum atomic E-state index is -4.39. The maximum Gasteiger partial charge on any atom is 0.472 e. The number of nitrogens with two attached hydrogens (primary N) is 1. The number of carbonyl (C=O) groups excluding carboxylic acids is 2. The van der Waals surface area contributed by atoms with Crippen LogP contribution in [0.4, 0.5) is 0 Å². The van der Waals surface area contributed by atoms with Crippen molar-refractivity contribution in [2.45, 2.75) is 270 Å². The van der Waals surface area contributed by atoms with E-state index in [0.717, 1.165) is 77.0 Å². The van der Waals surface area contributed by atoms with E-state index in [1.807, 2.05) is 0 Å². The topological polar surface area (TPSA) is 134 Å². The first-order chi connectivity index (χ1) is 33.3. The fourth-order valence-corrected chi connectivity index (χ4v) is 8.74. The predicted octanol–water partition coefficient (Wildman–Crippen LogP) is 17.6. The van der Waals surface area contributed by atoms with Gasteiger partial charge in [0.25, 0.3) is 0 Å². The van der Waals surface area contributed by atoms with E-state index in [1.165, 1.54) is 154 Å². The molecule has 0 heterocycles. The van der Waals surface area contributed by atoms with Crippen molar-refractivity contribution in [2.24, 2.45) is 5.73 Å². The van der Waals surface area contributed by atoms with Gasteiger partial charge < -0.3 is 20.1 Å². The molecule has 0 aliphatic rings. The lowest BCUT2D eigenvalue weighted by Crippen LogP contribution is -2.29. The number of allylic oxidation sites excluding steroid dienone is 10. The summed E-state index contributed by atoms with van der Waals surface area (Å²) in [7, 11) is -4.39. The van der Waals surface area contributed by atoms with Crippen LogP contribution in [-0.4, -0.2) is 49.3 Å². The second-order valence-corrected chi connectivity index (χ2v) is 20.2. The van der Waals surface area contributed by atoms with Gasteiger partial charge in [0.15, 0.2) is 6.10 Å². The zero-order valence-corrected chi connectivity index (χ0v) is 45.0. The first-order valence-electron chi connectivity index (χ1n) is 28.3. The molecule has 0 saturated carbocycles. The van der Waals surface area contributed by atoms with Crippen molar-refractivity contribution < 1.29 is 37.6 Å². The monoisotopic (exact) mass is 976 g/mol. The van der Waals surface area contributed by atoms with Crippen LogP contribution in [0.15, 0.2) is 60.8 Å². The fourth-order valence-electron chi connectivity index (χ4n) is 7.98. The van der Waals surface area contributed by atoms with E-state index >= 15 is 0 Å². The molecule has 10 heteroatoms. The largest absolute Gasteiger partial charge is 0.472 e. The van der Waals surface area contributed by atoms with E-state index in [2.05, 4.69) is 74.6 Å². The predicted molar refractivity (Wildman–Crippen MR) is 289 cm³/mol. The Morgan fingerprint density at radius 2 is 0.809 bits per heavy atom. The lowest BCUT2D eigenvalue weighted by atomic mass is 10.0. The van der Waals surface area contributed by atoms with E-state index in [9.17, 15) is 19.0 Å². The number of carbonyl (C=O) groups is 2. The average molecular weight is 976 g/mol. The van der Waals surface area contributed by atoms with E-state index in [0.29, 0.717) is 6.42 Å². The van der Waals surface area contributed by atoms with Gasteiger partial charge in [-0.05, 0) is 77.0 Å². The highest BCUT2D eigenvalue weighted by molar-refractivity contribution is 7.47. The van der Waals surface area contributed by atoms with Gasteiger partial charge in [-0.25, -0.2) is 4.57 Å². The third-order valence-corrected chi connectivity index (χ3v) is 13.1. The first-order valence-corrected chi connectivity index (χ1v) is 29.8. The molecule has 2 unspecified atom stereocenters. The SMILES string of the molecule is CC/C=C\C/C=C\C/C=C\C/C=C\CCCCCCCCCCCCCCCCCCC(=O)OC(COC(=O)CCCCCCCCC/C=C\CCCCCCCCC)COP(=O)(O)OCCN. The lowest BCUT2D eigenvalue weighted by Gasteiger charge is -2.19. The number of rotatable bonds is 53. The molecule has 0 aromatic heterocycles. The van der Waals surface area contributed by atoms with Gasteiger partial charge in [0.2, 0.25) is 0 Å². The van der Waals surface area contributed by atoms with Crippen LogP contribution in [0, 0.1) is 0 Å². The summed E-state index contributed by atoms with van der Waals surface area (Å²) < 4.78 is 33.0. The molecule has 9 nitrogen and oxygen atoms in total. The fraction of sp³-hybridized carbons (Fsp3) is 0.793. The Morgan fingerprint density at radius 1 is 0.456 bits per heavy atom. The summed E-state index contributed by atoms with van der Waals surface area (Å²) in [5, 5.41) is 0. The van der Waals surface area contributed by atoms with Gasteiger partial charge in [-0.2, -0.15) is 0 Å². The van der Waals surface area contributed by atoms with E-state index in [4.69, 9.17) is 24.3 Å². The van der Waals surface area contributed by atoms with Crippen LogP contribution in [0.5, 0.6) is 0 Å². The van der Waals surface area contributed by atoms with E-state index < -0.39 is 26.5 Å². The van der Waals surface area contributed by atoms with Gasteiger partial charge in [-0.1, -0.05) is 235 Å². The second-order valence-electron chi connectivity index (χ2n) is 18.8. The number of phosphoric acid groups is 1. The van der Waals surface area contributed by atoms with Crippen LogP contribution in [-0.2, 0) is 32.7 Å². The summed E-state index contributed by atoms with van der Waals surface area (Å²) in [5.41, 5.74) is 5.38. The van der Waals surface area contributed by atoms with Crippen LogP contribution in [0.2, 0.25) is 0 Å². The molecule has 0 rings (SSSR count). The Hall–Kier alpha value is -2.29. The molecule has 0 aromatic carbocycles. The minimum Gasteiger partial charge on any atom is -0.462 e. The van der Waals surface area contributed by atoms with Crippen molar-refractivity contribution in [3.63, 3.8) is 0 Å². The molecule has 2 atom stereocenters. The molecular weight excluding hydrogens is 870 g/mol. The van der Waals surface area contributed by atoms with Gasteiger partial charge >= 0.3 is 19.8 Å². The zero-order valence-electron chi connectivity index (χ0n) is 44.1. The average Bonchev–Trinajstić information content (AvgIpc) is 3.33. The normalized spacial score (nSPS) is 13.5. The van der Waals surface area contributed by atoms with Gasteiger partial charge in [0.05, 0.1) is 13.2 Å². The smallest absolute Gasteiger partial charge is 0.462 e. The van der Waals surface area contributed by atoms with Crippen LogP contribution in [0.25, 0.3) is 0 Å². The van der Waals surface area contributed by atoms with Crippen LogP contribution >= 0.6 is 7.82 Å². The van der Waals surface area contributed by atoms with Gasteiger partial charge in [-0.3, -0.25) is 18.6 Å². The Balaban J connectivity index is 3.95. The van der Waals surface area contributed by atoms with Gasteiger partial charge in [0, 0.05) is 19.4 Å². The molecule has 0 spiro atoms. The Bertz CT molecular complexity index is 1300. The van der Waals surface area contributed by atoms with Crippen molar-refractivity contribution in [1.29, 1.82) is 0 Å². The van der Waals surface area contributed by atoms with Crippen molar-refractivity contribution in [3.8, 4) is 0 Å². The molecule has 0 saturated heterocycles. The van der Waals surface area contributed by atoms with Crippen molar-refractivity contribution in [3.05, 3.63) is 60.8 Å². The summed E-state index contributed by atoms with van der Waals surface area (Å²) in [4.78, 5) is 35.1. The Morgan fingerprint density at radius 3 is 1.22 bits per heavy atom. The standard InChI is InChI=1S/C58H106NO8P/c1-3-5-7-9-11-13-15-17-19-21-23-24-25-26-27-28-29-30-31-32-33-35-37-39-41-43-45-47-49-51-58(61)67-56(55-66-68(62,63)65-53-52-59)54-64-57(60)50-48-46-44-42-40-38-36-34-22-20-18-16-14-12-10-8-6-4-2/h5,7,11,13,17,19-20,22-24,56H,3-4,6,8-10,12,14-16,18,21,25-55,59H2,1-2H3,(H,62,63)/b7-5-,13-11-,19-17-,22-20-,24-23-. The summed E-state index contributed by atoms with van der Waals surface area (Å²) in [5.74, 6) is -0.825. The first kappa shape index (κ1) is 65.7. The highest BCUT2D eigenvalue weighted by Gasteiger charge is 2.26. The second kappa shape index (κ2) is 54.1. The summed E-state index contributed by atoms with van der Waals surface area (Å²) in [6.07, 6.45) is 67.0. The van der Waals surface area contributed by atoms with Crippen LogP contribution in [0.3, 0.4) is 0 Å². The molecule has 0 aliphatic heterocycles. The number of hydrogen-bond acceptors (Lipinski definition) is 8. The van der Waals surface area contributed by atoms with E-state index in [1.54, 1.807) is 0 Å². The molecule has 0 amide bonds. The summed E-state index contributed by atoms with van der Waals surface area (Å²) >= 11 is 0. The molecule has 3 N–H and O–H groups in total. The maximum absolute atomic E-state index is 12.7. The number of unbranched alkanes of at least 4 members (excludes halogenated alkanes) is 30. The molecule has 0 bridgehead atoms. The van der Waals surface area contributed by atoms with Crippen molar-refractivity contribution in [1.82, 2.24) is 0 Å². The number of esters is 2. The van der Waals surface area contributed by atoms with Crippen molar-refractivity contribution >= 4 is 19.8 Å². The number of phosphoric ester groups is 1. The lowest BCUT2D eigenvalue weighted by molar-refractivity contribution is -0.161. The minimum absolute atomic E-state index is 0.0524. The van der Waals surface area contributed by atoms with Gasteiger partial charge in [0.1, 0.15) is 6.61 Å². The summed E-state index contributed by atoms with van der Waals surface area (Å²) in [6, 6.07) is 0. The third kappa shape index (κ3) is 53.1. The van der Waals surface area contributed by atoms with E-state index in [-0.39, 0.29) is 38.6 Å².